The highest BCUT2D eigenvalue weighted by Gasteiger charge is 2.38. The maximum Gasteiger partial charge on any atom is 0.331 e. The molecule has 36 heavy (non-hydrogen) atoms. The van der Waals surface area contributed by atoms with Gasteiger partial charge in [-0.25, -0.2) is 4.79 Å². The minimum absolute atomic E-state index is 0.0275. The van der Waals surface area contributed by atoms with Gasteiger partial charge in [0.1, 0.15) is 5.54 Å². The van der Waals surface area contributed by atoms with Crippen molar-refractivity contribution >= 4 is 17.8 Å². The molecule has 0 spiro atoms. The Hall–Kier alpha value is -3.59. The maximum atomic E-state index is 13.2. The third-order valence-corrected chi connectivity index (χ3v) is 6.23. The predicted octanol–water partition coefficient (Wildman–Crippen LogP) is 2.79. The van der Waals surface area contributed by atoms with Gasteiger partial charge >= 0.3 is 11.9 Å². The van der Waals surface area contributed by atoms with Gasteiger partial charge in [0, 0.05) is 6.42 Å². The Morgan fingerprint density at radius 1 is 1.03 bits per heavy atom. The molecule has 0 saturated heterocycles. The number of aliphatic carboxylic acids is 1. The summed E-state index contributed by atoms with van der Waals surface area (Å²) in [6.45, 7) is 5.84. The number of phenolic OH excluding ortho intramolecular Hbond substituents is 1. The van der Waals surface area contributed by atoms with Crippen LogP contribution in [0.5, 0.6) is 11.5 Å². The number of phenols is 1. The van der Waals surface area contributed by atoms with Crippen LogP contribution < -0.4 is 15.4 Å². The van der Waals surface area contributed by atoms with Crippen molar-refractivity contribution < 1.29 is 34.1 Å². The van der Waals surface area contributed by atoms with Gasteiger partial charge in [0.05, 0.1) is 26.7 Å². The zero-order valence-electron chi connectivity index (χ0n) is 21.5. The van der Waals surface area contributed by atoms with Gasteiger partial charge in [-0.1, -0.05) is 50.2 Å². The van der Waals surface area contributed by atoms with Crippen LogP contribution in [0.15, 0.2) is 48.5 Å². The van der Waals surface area contributed by atoms with E-state index in [1.165, 1.54) is 14.2 Å². The molecule has 2 aromatic rings. The molecular formula is C27H36N2O7. The quantitative estimate of drug-likeness (QED) is 0.309. The lowest BCUT2D eigenvalue weighted by molar-refractivity contribution is -0.150. The average molecular weight is 501 g/mol. The van der Waals surface area contributed by atoms with E-state index >= 15 is 0 Å². The van der Waals surface area contributed by atoms with Crippen LogP contribution in [0.4, 0.5) is 0 Å². The van der Waals surface area contributed by atoms with Crippen LogP contribution in [0.3, 0.4) is 0 Å². The van der Waals surface area contributed by atoms with Crippen molar-refractivity contribution in [2.75, 3.05) is 20.8 Å². The molecule has 2 atom stereocenters. The first-order valence-corrected chi connectivity index (χ1v) is 11.7. The van der Waals surface area contributed by atoms with E-state index in [-0.39, 0.29) is 12.2 Å². The Labute approximate surface area is 211 Å². The van der Waals surface area contributed by atoms with Gasteiger partial charge in [-0.3, -0.25) is 9.59 Å². The summed E-state index contributed by atoms with van der Waals surface area (Å²) in [5.74, 6) is -1.99. The fourth-order valence-electron chi connectivity index (χ4n) is 4.00. The van der Waals surface area contributed by atoms with Gasteiger partial charge in [0.25, 0.3) is 0 Å². The van der Waals surface area contributed by atoms with E-state index in [9.17, 15) is 24.6 Å². The van der Waals surface area contributed by atoms with E-state index in [1.54, 1.807) is 19.1 Å². The first kappa shape index (κ1) is 28.6. The van der Waals surface area contributed by atoms with Crippen molar-refractivity contribution in [3.8, 4) is 11.5 Å². The Morgan fingerprint density at radius 2 is 1.69 bits per heavy atom. The first-order chi connectivity index (χ1) is 16.9. The Kier molecular flexibility index (Phi) is 9.86. The molecule has 0 unspecified atom stereocenters. The minimum atomic E-state index is -1.38. The predicted molar refractivity (Wildman–Crippen MR) is 135 cm³/mol. The number of carboxylic acid groups (broad SMARTS) is 1. The molecule has 9 heteroatoms. The average Bonchev–Trinajstić information content (AvgIpc) is 2.82. The van der Waals surface area contributed by atoms with E-state index in [0.717, 1.165) is 11.1 Å². The molecule has 2 rings (SSSR count). The molecular weight excluding hydrogens is 464 g/mol. The molecule has 0 bridgehead atoms. The zero-order chi connectivity index (χ0) is 26.9. The number of esters is 1. The number of carbonyl (C=O) groups excluding carboxylic acids is 2. The van der Waals surface area contributed by atoms with E-state index < -0.39 is 41.3 Å². The van der Waals surface area contributed by atoms with Crippen LogP contribution in [0.1, 0.15) is 44.7 Å². The molecule has 0 fully saturated rings. The standard InChI is InChI=1S/C27H36N2O7/c1-26(2,19-11-12-22(35-4)21(30)15-19)13-14-28-20(16-23(31)32)24(33)29-27(3,25(34)36-5)17-18-9-7-6-8-10-18/h6-12,15,20,28,30H,13-14,16-17H2,1-5H3,(H,29,33)(H,31,32)/t20-,27-/m0/s1. The fourth-order valence-corrected chi connectivity index (χ4v) is 4.00. The molecule has 9 nitrogen and oxygen atoms in total. The SMILES string of the molecule is COC(=O)[C@](C)(Cc1ccccc1)NC(=O)[C@H](CC(=O)O)NCCC(C)(C)c1ccc(OC)c(O)c1. The lowest BCUT2D eigenvalue weighted by Gasteiger charge is -2.31. The van der Waals surface area contributed by atoms with Gasteiger partial charge in [-0.05, 0) is 48.6 Å². The number of hydrogen-bond acceptors (Lipinski definition) is 7. The van der Waals surface area contributed by atoms with Crippen LogP contribution >= 0.6 is 0 Å². The summed E-state index contributed by atoms with van der Waals surface area (Å²) < 4.78 is 10.0. The summed E-state index contributed by atoms with van der Waals surface area (Å²) in [6, 6.07) is 13.3. The number of carbonyl (C=O) groups is 3. The second-order valence-corrected chi connectivity index (χ2v) is 9.60. The Morgan fingerprint density at radius 3 is 2.25 bits per heavy atom. The highest BCUT2D eigenvalue weighted by atomic mass is 16.5. The van der Waals surface area contributed by atoms with Crippen LogP contribution in [0.2, 0.25) is 0 Å². The monoisotopic (exact) mass is 500 g/mol. The van der Waals surface area contributed by atoms with Gasteiger partial charge in [-0.15, -0.1) is 0 Å². The number of ether oxygens (including phenoxy) is 2. The van der Waals surface area contributed by atoms with Crippen LogP contribution in [0, 0.1) is 0 Å². The van der Waals surface area contributed by atoms with Crippen molar-refractivity contribution in [3.63, 3.8) is 0 Å². The largest absolute Gasteiger partial charge is 0.504 e. The summed E-state index contributed by atoms with van der Waals surface area (Å²) >= 11 is 0. The zero-order valence-corrected chi connectivity index (χ0v) is 21.5. The second-order valence-electron chi connectivity index (χ2n) is 9.60. The van der Waals surface area contributed by atoms with E-state index in [2.05, 4.69) is 10.6 Å². The normalized spacial score (nSPS) is 13.8. The van der Waals surface area contributed by atoms with Crippen molar-refractivity contribution in [1.82, 2.24) is 10.6 Å². The Balaban J connectivity index is 2.13. The first-order valence-electron chi connectivity index (χ1n) is 11.7. The maximum absolute atomic E-state index is 13.2. The summed E-state index contributed by atoms with van der Waals surface area (Å²) in [4.78, 5) is 37.2. The molecule has 0 radical (unpaired) electrons. The minimum Gasteiger partial charge on any atom is -0.504 e. The molecule has 196 valence electrons. The molecule has 0 aliphatic heterocycles. The third-order valence-electron chi connectivity index (χ3n) is 6.23. The molecule has 0 aromatic heterocycles. The van der Waals surface area contributed by atoms with Crippen molar-refractivity contribution in [2.24, 2.45) is 0 Å². The number of rotatable bonds is 13. The van der Waals surface area contributed by atoms with Gasteiger partial charge < -0.3 is 30.3 Å². The van der Waals surface area contributed by atoms with Crippen molar-refractivity contribution in [2.45, 2.75) is 57.0 Å². The molecule has 0 heterocycles. The number of benzene rings is 2. The molecule has 0 saturated carbocycles. The molecule has 2 aromatic carbocycles. The van der Waals surface area contributed by atoms with Crippen molar-refractivity contribution in [3.05, 3.63) is 59.7 Å². The van der Waals surface area contributed by atoms with E-state index in [1.807, 2.05) is 50.2 Å². The number of nitrogens with one attached hydrogen (secondary N) is 2. The van der Waals surface area contributed by atoms with Gasteiger partial charge in [0.2, 0.25) is 5.91 Å². The number of amides is 1. The van der Waals surface area contributed by atoms with Crippen LogP contribution in [0.25, 0.3) is 0 Å². The number of aromatic hydroxyl groups is 1. The topological polar surface area (TPSA) is 134 Å². The lowest BCUT2D eigenvalue weighted by atomic mass is 9.81. The third kappa shape index (κ3) is 7.71. The highest BCUT2D eigenvalue weighted by Crippen LogP contribution is 2.34. The number of methoxy groups -OCH3 is 2. The number of hydrogen-bond donors (Lipinski definition) is 4. The summed E-state index contributed by atoms with van der Waals surface area (Å²) in [5.41, 5.74) is -0.0960. The summed E-state index contributed by atoms with van der Waals surface area (Å²) in [5, 5.41) is 25.2. The number of carboxylic acids is 1. The van der Waals surface area contributed by atoms with Crippen molar-refractivity contribution in [1.29, 1.82) is 0 Å². The van der Waals surface area contributed by atoms with Crippen LogP contribution in [-0.4, -0.2) is 60.4 Å². The fraction of sp³-hybridized carbons (Fsp3) is 0.444. The molecule has 1 amide bonds. The van der Waals surface area contributed by atoms with Crippen LogP contribution in [-0.2, 0) is 31.0 Å². The van der Waals surface area contributed by atoms with Gasteiger partial charge in [0.15, 0.2) is 11.5 Å². The lowest BCUT2D eigenvalue weighted by Crippen LogP contribution is -2.59. The summed E-state index contributed by atoms with van der Waals surface area (Å²) in [7, 11) is 2.71. The molecule has 0 aliphatic rings. The highest BCUT2D eigenvalue weighted by molar-refractivity contribution is 5.92. The summed E-state index contributed by atoms with van der Waals surface area (Å²) in [6.07, 6.45) is 0.263. The van der Waals surface area contributed by atoms with E-state index in [4.69, 9.17) is 9.47 Å². The smallest absolute Gasteiger partial charge is 0.331 e. The molecule has 0 aliphatic carbocycles. The van der Waals surface area contributed by atoms with E-state index in [0.29, 0.717) is 18.7 Å². The second kappa shape index (κ2) is 12.4. The Bertz CT molecular complexity index is 1060. The molecule has 4 N–H and O–H groups in total. The van der Waals surface area contributed by atoms with Gasteiger partial charge in [-0.2, -0.15) is 0 Å².